The minimum absolute atomic E-state index is 0.00332. The fourth-order valence-corrected chi connectivity index (χ4v) is 5.26. The summed E-state index contributed by atoms with van der Waals surface area (Å²) in [6.45, 7) is 4.31. The zero-order valence-electron chi connectivity index (χ0n) is 24.4. The summed E-state index contributed by atoms with van der Waals surface area (Å²) in [5.41, 5.74) is -1.98. The molecule has 0 radical (unpaired) electrons. The van der Waals surface area contributed by atoms with Gasteiger partial charge in [0.25, 0.3) is 5.95 Å². The topological polar surface area (TPSA) is 83.3 Å². The number of rotatable bonds is 10. The number of amides is 1. The highest BCUT2D eigenvalue weighted by molar-refractivity contribution is 5.91. The largest absolute Gasteiger partial charge is 0.416 e. The molecule has 9 nitrogen and oxygen atoms in total. The molecule has 3 aromatic rings. The fraction of sp³-hybridized carbons (Fsp3) is 0.536. The van der Waals surface area contributed by atoms with Crippen molar-refractivity contribution in [3.8, 4) is 0 Å². The molecule has 0 unspecified atom stereocenters. The van der Waals surface area contributed by atoms with Crippen LogP contribution in [0.25, 0.3) is 0 Å². The number of aromatic nitrogens is 5. The van der Waals surface area contributed by atoms with E-state index in [1.54, 1.807) is 19.3 Å². The standard InChI is InChI=1S/C28H34F6N8O/c1-5-41(15-19-8-6-7-9-19)25-21(12-24(14-35-25)39(3)18(2)43)17-42(26-36-38-40(4)37-26)16-20-10-22(27(29,30)31)13-23(11-20)28(32,33)34/h10-14,19H,5-9,15-17H2,1-4H3. The van der Waals surface area contributed by atoms with Gasteiger partial charge in [0, 0.05) is 39.2 Å². The molecule has 15 heteroatoms. The Kier molecular flexibility index (Phi) is 9.50. The molecule has 1 aliphatic rings. The molecule has 0 atom stereocenters. The van der Waals surface area contributed by atoms with E-state index in [2.05, 4.69) is 20.3 Å². The smallest absolute Gasteiger partial charge is 0.356 e. The summed E-state index contributed by atoms with van der Waals surface area (Å²) in [6.07, 6.45) is -3.94. The van der Waals surface area contributed by atoms with Crippen molar-refractivity contribution >= 4 is 23.4 Å². The molecule has 43 heavy (non-hydrogen) atoms. The van der Waals surface area contributed by atoms with Crippen molar-refractivity contribution in [2.24, 2.45) is 13.0 Å². The Morgan fingerprint density at radius 3 is 2.12 bits per heavy atom. The zero-order chi connectivity index (χ0) is 31.5. The van der Waals surface area contributed by atoms with Crippen LogP contribution in [0, 0.1) is 5.92 Å². The Balaban J connectivity index is 1.79. The summed E-state index contributed by atoms with van der Waals surface area (Å²) in [5.74, 6) is 0.834. The number of tetrazole rings is 1. The van der Waals surface area contributed by atoms with Gasteiger partial charge >= 0.3 is 12.4 Å². The first kappa shape index (κ1) is 32.0. The summed E-state index contributed by atoms with van der Waals surface area (Å²) in [4.78, 5) is 22.9. The minimum Gasteiger partial charge on any atom is -0.356 e. The number of hydrogen-bond donors (Lipinski definition) is 0. The van der Waals surface area contributed by atoms with Crippen LogP contribution in [0.1, 0.15) is 61.8 Å². The van der Waals surface area contributed by atoms with Gasteiger partial charge < -0.3 is 14.7 Å². The van der Waals surface area contributed by atoms with Gasteiger partial charge in [-0.15, -0.1) is 5.10 Å². The molecule has 0 aliphatic heterocycles. The van der Waals surface area contributed by atoms with Crippen molar-refractivity contribution in [1.82, 2.24) is 25.2 Å². The lowest BCUT2D eigenvalue weighted by Crippen LogP contribution is -2.32. The van der Waals surface area contributed by atoms with E-state index >= 15 is 0 Å². The third kappa shape index (κ3) is 7.93. The molecule has 1 saturated carbocycles. The highest BCUT2D eigenvalue weighted by Gasteiger charge is 2.37. The van der Waals surface area contributed by atoms with Gasteiger partial charge in [0.15, 0.2) is 0 Å². The molecular formula is C28H34F6N8O. The van der Waals surface area contributed by atoms with Gasteiger partial charge in [-0.3, -0.25) is 4.79 Å². The molecule has 1 aromatic carbocycles. The van der Waals surface area contributed by atoms with E-state index < -0.39 is 23.5 Å². The van der Waals surface area contributed by atoms with E-state index in [1.165, 1.54) is 23.8 Å². The molecule has 2 aromatic heterocycles. The number of aryl methyl sites for hydroxylation is 1. The van der Waals surface area contributed by atoms with Crippen molar-refractivity contribution in [1.29, 1.82) is 0 Å². The number of carbonyl (C=O) groups is 1. The third-order valence-electron chi connectivity index (χ3n) is 7.59. The molecular weight excluding hydrogens is 578 g/mol. The molecule has 0 N–H and O–H groups in total. The summed E-state index contributed by atoms with van der Waals surface area (Å²) >= 11 is 0. The third-order valence-corrected chi connectivity index (χ3v) is 7.59. The number of hydrogen-bond acceptors (Lipinski definition) is 7. The number of nitrogens with zero attached hydrogens (tertiary/aromatic N) is 8. The first-order valence-electron chi connectivity index (χ1n) is 13.9. The summed E-state index contributed by atoms with van der Waals surface area (Å²) < 4.78 is 81.7. The van der Waals surface area contributed by atoms with Gasteiger partial charge in [0.05, 0.1) is 36.6 Å². The number of alkyl halides is 6. The Morgan fingerprint density at radius 1 is 0.977 bits per heavy atom. The van der Waals surface area contributed by atoms with Crippen LogP contribution in [0.3, 0.4) is 0 Å². The second kappa shape index (κ2) is 12.8. The predicted molar refractivity (Wildman–Crippen MR) is 148 cm³/mol. The second-order valence-electron chi connectivity index (χ2n) is 10.8. The quantitative estimate of drug-likeness (QED) is 0.266. The molecule has 4 rings (SSSR count). The van der Waals surface area contributed by atoms with Crippen molar-refractivity contribution in [2.75, 3.05) is 34.8 Å². The summed E-state index contributed by atoms with van der Waals surface area (Å²) in [6, 6.07) is 3.23. The van der Waals surface area contributed by atoms with Gasteiger partial charge in [-0.2, -0.15) is 31.1 Å². The maximum atomic E-state index is 13.6. The van der Waals surface area contributed by atoms with Crippen LogP contribution in [-0.4, -0.2) is 51.2 Å². The van der Waals surface area contributed by atoms with Crippen LogP contribution < -0.4 is 14.7 Å². The Morgan fingerprint density at radius 2 is 1.60 bits per heavy atom. The molecule has 1 fully saturated rings. The molecule has 234 valence electrons. The van der Waals surface area contributed by atoms with E-state index in [0.29, 0.717) is 41.7 Å². The number of benzene rings is 1. The van der Waals surface area contributed by atoms with E-state index in [4.69, 9.17) is 4.98 Å². The van der Waals surface area contributed by atoms with Crippen LogP contribution in [0.5, 0.6) is 0 Å². The maximum Gasteiger partial charge on any atom is 0.416 e. The maximum absolute atomic E-state index is 13.6. The highest BCUT2D eigenvalue weighted by Crippen LogP contribution is 2.37. The first-order valence-corrected chi connectivity index (χ1v) is 13.9. The molecule has 0 spiro atoms. The van der Waals surface area contributed by atoms with Crippen LogP contribution in [0.2, 0.25) is 0 Å². The second-order valence-corrected chi connectivity index (χ2v) is 10.8. The average Bonchev–Trinajstić information content (AvgIpc) is 3.61. The van der Waals surface area contributed by atoms with Gasteiger partial charge in [0.1, 0.15) is 5.82 Å². The monoisotopic (exact) mass is 612 g/mol. The van der Waals surface area contributed by atoms with Gasteiger partial charge in [-0.25, -0.2) is 4.98 Å². The molecule has 0 saturated heterocycles. The fourth-order valence-electron chi connectivity index (χ4n) is 5.26. The molecule has 2 heterocycles. The van der Waals surface area contributed by atoms with Crippen molar-refractivity contribution in [3.63, 3.8) is 0 Å². The molecule has 1 aliphatic carbocycles. The lowest BCUT2D eigenvalue weighted by Gasteiger charge is -2.30. The Bertz CT molecular complexity index is 1380. The minimum atomic E-state index is -4.99. The first-order chi connectivity index (χ1) is 20.2. The van der Waals surface area contributed by atoms with E-state index in [-0.39, 0.29) is 36.6 Å². The van der Waals surface area contributed by atoms with Crippen LogP contribution in [-0.2, 0) is 37.3 Å². The predicted octanol–water partition coefficient (Wildman–Crippen LogP) is 5.85. The van der Waals surface area contributed by atoms with Crippen LogP contribution >= 0.6 is 0 Å². The lowest BCUT2D eigenvalue weighted by atomic mass is 10.0. The number of halogens is 6. The van der Waals surface area contributed by atoms with Gasteiger partial charge in [-0.1, -0.05) is 17.9 Å². The Hall–Kier alpha value is -3.91. The highest BCUT2D eigenvalue weighted by atomic mass is 19.4. The van der Waals surface area contributed by atoms with Crippen molar-refractivity contribution < 1.29 is 31.1 Å². The molecule has 1 amide bonds. The summed E-state index contributed by atoms with van der Waals surface area (Å²) in [5, 5.41) is 12.0. The van der Waals surface area contributed by atoms with Gasteiger partial charge in [-0.05, 0) is 60.7 Å². The van der Waals surface area contributed by atoms with Gasteiger partial charge in [0.2, 0.25) is 5.91 Å². The van der Waals surface area contributed by atoms with E-state index in [0.717, 1.165) is 37.0 Å². The van der Waals surface area contributed by atoms with E-state index in [9.17, 15) is 31.1 Å². The zero-order valence-corrected chi connectivity index (χ0v) is 24.4. The summed E-state index contributed by atoms with van der Waals surface area (Å²) in [7, 11) is 3.08. The SMILES string of the molecule is CCN(CC1CCCC1)c1ncc(N(C)C(C)=O)cc1CN(Cc1cc(C(F)(F)F)cc(C(F)(F)F)c1)c1nnn(C)n1. The Labute approximate surface area is 245 Å². The number of carbonyl (C=O) groups excluding carboxylic acids is 1. The number of anilines is 3. The van der Waals surface area contributed by atoms with E-state index in [1.807, 2.05) is 6.92 Å². The number of pyridine rings is 1. The normalized spacial score (nSPS) is 14.3. The van der Waals surface area contributed by atoms with Crippen LogP contribution in [0.4, 0.5) is 43.8 Å². The lowest BCUT2D eigenvalue weighted by molar-refractivity contribution is -0.143. The van der Waals surface area contributed by atoms with Crippen molar-refractivity contribution in [2.45, 2.75) is 65.0 Å². The van der Waals surface area contributed by atoms with Crippen molar-refractivity contribution in [3.05, 3.63) is 52.7 Å². The average molecular weight is 613 g/mol. The van der Waals surface area contributed by atoms with Crippen LogP contribution in [0.15, 0.2) is 30.5 Å². The molecule has 0 bridgehead atoms.